The van der Waals surface area contributed by atoms with Gasteiger partial charge in [0.25, 0.3) is 0 Å². The number of ether oxygens (including phenoxy) is 3. The van der Waals surface area contributed by atoms with Crippen LogP contribution in [0.5, 0.6) is 0 Å². The van der Waals surface area contributed by atoms with Crippen LogP contribution in [0.2, 0.25) is 51.4 Å². The number of hydrogen-bond donors (Lipinski definition) is 1. The molecule has 14 heteroatoms. The van der Waals surface area contributed by atoms with Gasteiger partial charge in [0.05, 0.1) is 22.1 Å². The van der Waals surface area contributed by atoms with E-state index in [0.717, 1.165) is 64.9 Å². The van der Waals surface area contributed by atoms with E-state index in [9.17, 15) is 9.90 Å². The van der Waals surface area contributed by atoms with Crippen molar-refractivity contribution in [2.45, 2.75) is 141 Å². The molecule has 0 saturated carbocycles. The van der Waals surface area contributed by atoms with Crippen molar-refractivity contribution in [1.82, 2.24) is 24.5 Å². The van der Waals surface area contributed by atoms with Crippen LogP contribution in [0.4, 0.5) is 10.6 Å². The highest BCUT2D eigenvalue weighted by atomic mass is 79.9. The van der Waals surface area contributed by atoms with Gasteiger partial charge in [-0.15, -0.1) is 0 Å². The first-order valence-electron chi connectivity index (χ1n) is 18.8. The number of hydrogen-bond acceptors (Lipinski definition) is 9. The van der Waals surface area contributed by atoms with E-state index in [1.807, 2.05) is 48.5 Å². The SMILES string of the molecule is CC(C)(C)OC(=O)N1[C@@H]2CC[C@H]1CC(c1nc3c(-c4ccc(C(C)(C)O)nc4)cnn3c(N(COCC[Si](C)(C)C)COCC[Si](C)(C)C)c1Br)C2. The van der Waals surface area contributed by atoms with Crippen LogP contribution in [-0.4, -0.2) is 96.2 Å². The molecular weight excluding hydrogens is 757 g/mol. The van der Waals surface area contributed by atoms with Crippen molar-refractivity contribution in [3.05, 3.63) is 40.4 Å². The Morgan fingerprint density at radius 1 is 0.942 bits per heavy atom. The number of aliphatic hydroxyl groups is 1. The summed E-state index contributed by atoms with van der Waals surface area (Å²) >= 11 is 4.05. The lowest BCUT2D eigenvalue weighted by Crippen LogP contribution is -2.48. The number of amides is 1. The Labute approximate surface area is 321 Å². The van der Waals surface area contributed by atoms with Crippen LogP contribution >= 0.6 is 15.9 Å². The summed E-state index contributed by atoms with van der Waals surface area (Å²) in [5.74, 6) is 0.936. The van der Waals surface area contributed by atoms with Gasteiger partial charge in [-0.25, -0.2) is 9.78 Å². The van der Waals surface area contributed by atoms with Gasteiger partial charge in [0.1, 0.15) is 24.7 Å². The van der Waals surface area contributed by atoms with Gasteiger partial charge in [0.15, 0.2) is 11.5 Å². The van der Waals surface area contributed by atoms with Crippen molar-refractivity contribution in [2.75, 3.05) is 31.6 Å². The molecule has 1 N–H and O–H groups in total. The highest BCUT2D eigenvalue weighted by Gasteiger charge is 2.46. The van der Waals surface area contributed by atoms with Gasteiger partial charge in [0, 0.05) is 64.7 Å². The lowest BCUT2D eigenvalue weighted by molar-refractivity contribution is 0.00565. The predicted octanol–water partition coefficient (Wildman–Crippen LogP) is 8.86. The molecule has 0 aromatic carbocycles. The Morgan fingerprint density at radius 3 is 2.00 bits per heavy atom. The molecule has 52 heavy (non-hydrogen) atoms. The Morgan fingerprint density at radius 2 is 1.52 bits per heavy atom. The molecule has 2 aliphatic rings. The zero-order chi connectivity index (χ0) is 38.2. The number of carbonyl (C=O) groups excluding carboxylic acids is 1. The molecule has 1 unspecified atom stereocenters. The number of piperidine rings is 1. The van der Waals surface area contributed by atoms with E-state index < -0.39 is 27.3 Å². The molecule has 2 saturated heterocycles. The molecule has 3 aromatic rings. The van der Waals surface area contributed by atoms with Crippen LogP contribution in [-0.2, 0) is 19.8 Å². The second-order valence-corrected chi connectivity index (χ2v) is 30.6. The third kappa shape index (κ3) is 10.2. The molecule has 288 valence electrons. The Bertz CT molecular complexity index is 1660. The smallest absolute Gasteiger partial charge is 0.410 e. The number of carbonyl (C=O) groups is 1. The number of aromatic nitrogens is 4. The molecule has 2 aliphatic heterocycles. The summed E-state index contributed by atoms with van der Waals surface area (Å²) < 4.78 is 21.4. The maximum absolute atomic E-state index is 13.3. The lowest BCUT2D eigenvalue weighted by atomic mass is 9.88. The van der Waals surface area contributed by atoms with Gasteiger partial charge >= 0.3 is 6.09 Å². The van der Waals surface area contributed by atoms with Gasteiger partial charge in [-0.05, 0) is 94.4 Å². The normalized spacial score (nSPS) is 19.8. The molecule has 0 aliphatic carbocycles. The Hall–Kier alpha value is -2.37. The molecule has 5 rings (SSSR count). The third-order valence-corrected chi connectivity index (χ3v) is 14.0. The molecule has 5 heterocycles. The highest BCUT2D eigenvalue weighted by Crippen LogP contribution is 2.47. The minimum Gasteiger partial charge on any atom is -0.444 e. The summed E-state index contributed by atoms with van der Waals surface area (Å²) in [4.78, 5) is 27.4. The third-order valence-electron chi connectivity index (χ3n) is 9.80. The number of rotatable bonds is 14. The molecular formula is C38H61BrN6O5Si2. The second kappa shape index (κ2) is 15.8. The summed E-state index contributed by atoms with van der Waals surface area (Å²) in [6.07, 6.45) is 6.89. The Balaban J connectivity index is 1.57. The van der Waals surface area contributed by atoms with E-state index in [4.69, 9.17) is 24.3 Å². The lowest BCUT2D eigenvalue weighted by Gasteiger charge is -2.39. The van der Waals surface area contributed by atoms with Gasteiger partial charge < -0.3 is 29.1 Å². The van der Waals surface area contributed by atoms with Crippen LogP contribution in [0.1, 0.15) is 77.6 Å². The largest absolute Gasteiger partial charge is 0.444 e. The van der Waals surface area contributed by atoms with E-state index in [-0.39, 0.29) is 24.1 Å². The van der Waals surface area contributed by atoms with Crippen LogP contribution in [0.15, 0.2) is 29.0 Å². The zero-order valence-electron chi connectivity index (χ0n) is 33.3. The minimum absolute atomic E-state index is 0.0841. The molecule has 2 bridgehead atoms. The molecule has 3 aromatic heterocycles. The summed E-state index contributed by atoms with van der Waals surface area (Å²) in [6.45, 7) is 25.4. The van der Waals surface area contributed by atoms with Gasteiger partial charge in [-0.2, -0.15) is 9.61 Å². The molecule has 0 radical (unpaired) electrons. The first-order chi connectivity index (χ1) is 24.1. The predicted molar refractivity (Wildman–Crippen MR) is 216 cm³/mol. The molecule has 11 nitrogen and oxygen atoms in total. The number of pyridine rings is 1. The summed E-state index contributed by atoms with van der Waals surface area (Å²) in [5, 5.41) is 15.5. The molecule has 3 atom stereocenters. The van der Waals surface area contributed by atoms with Gasteiger partial charge in [-0.1, -0.05) is 45.3 Å². The fourth-order valence-electron chi connectivity index (χ4n) is 6.92. The number of anilines is 1. The summed E-state index contributed by atoms with van der Waals surface area (Å²) in [6, 6.07) is 6.12. The zero-order valence-corrected chi connectivity index (χ0v) is 36.8. The number of halogens is 1. The van der Waals surface area contributed by atoms with Crippen molar-refractivity contribution in [2.24, 2.45) is 0 Å². The highest BCUT2D eigenvalue weighted by molar-refractivity contribution is 9.10. The standard InChI is InChI=1S/C38H61BrN6O5Si2/c1-37(2,3)50-36(46)44-28-13-14-29(44)21-27(20-28)33-32(39)35(43(24-48-16-18-51(6,7)8)25-49-17-19-52(9,10)11)45-34(42-33)30(23-41-45)26-12-15-31(40-22-26)38(4,5)47/h12,15,22-23,27-29,47H,13-14,16-21,24-25H2,1-11H3/t27?,28-,29+. The maximum Gasteiger partial charge on any atom is 0.410 e. The monoisotopic (exact) mass is 816 g/mol. The average Bonchev–Trinajstić information content (AvgIpc) is 3.55. The topological polar surface area (TPSA) is 115 Å². The number of nitrogens with zero attached hydrogens (tertiary/aromatic N) is 6. The number of fused-ring (bicyclic) bond motifs is 3. The molecule has 2 fully saturated rings. The first-order valence-corrected chi connectivity index (χ1v) is 27.0. The van der Waals surface area contributed by atoms with Crippen molar-refractivity contribution in [3.8, 4) is 11.1 Å². The average molecular weight is 818 g/mol. The van der Waals surface area contributed by atoms with Gasteiger partial charge in [-0.3, -0.25) is 4.98 Å². The summed E-state index contributed by atoms with van der Waals surface area (Å²) in [7, 11) is -2.59. The van der Waals surface area contributed by atoms with E-state index in [1.54, 1.807) is 20.0 Å². The van der Waals surface area contributed by atoms with E-state index in [2.05, 4.69) is 65.1 Å². The van der Waals surface area contributed by atoms with Gasteiger partial charge in [0.2, 0.25) is 0 Å². The van der Waals surface area contributed by atoms with Crippen LogP contribution < -0.4 is 4.90 Å². The van der Waals surface area contributed by atoms with Crippen molar-refractivity contribution < 1.29 is 24.1 Å². The van der Waals surface area contributed by atoms with E-state index in [0.29, 0.717) is 38.0 Å². The van der Waals surface area contributed by atoms with E-state index >= 15 is 0 Å². The van der Waals surface area contributed by atoms with Crippen molar-refractivity contribution >= 4 is 49.6 Å². The molecule has 1 amide bonds. The van der Waals surface area contributed by atoms with Crippen molar-refractivity contribution in [1.29, 1.82) is 0 Å². The second-order valence-electron chi connectivity index (χ2n) is 18.6. The maximum atomic E-state index is 13.3. The Kier molecular flexibility index (Phi) is 12.4. The van der Waals surface area contributed by atoms with E-state index in [1.165, 1.54) is 0 Å². The van der Waals surface area contributed by atoms with Crippen LogP contribution in [0, 0.1) is 0 Å². The first kappa shape index (κ1) is 40.8. The fraction of sp³-hybridized carbons (Fsp3) is 0.684. The fourth-order valence-corrected chi connectivity index (χ4v) is 9.26. The molecule has 0 spiro atoms. The van der Waals surface area contributed by atoms with Crippen LogP contribution in [0.25, 0.3) is 16.8 Å². The minimum atomic E-state index is -1.30. The summed E-state index contributed by atoms with van der Waals surface area (Å²) in [5.41, 5.74) is 2.35. The quantitative estimate of drug-likeness (QED) is 0.0969. The van der Waals surface area contributed by atoms with Crippen molar-refractivity contribution in [3.63, 3.8) is 0 Å². The van der Waals surface area contributed by atoms with Crippen LogP contribution in [0.3, 0.4) is 0 Å².